The van der Waals surface area contributed by atoms with Gasteiger partial charge in [-0.15, -0.1) is 0 Å². The molecule has 1 rings (SSSR count). The molecule has 0 amide bonds. The van der Waals surface area contributed by atoms with E-state index in [1.807, 2.05) is 6.92 Å². The summed E-state index contributed by atoms with van der Waals surface area (Å²) < 4.78 is 1.17. The highest BCUT2D eigenvalue weighted by molar-refractivity contribution is 5.60. The normalized spacial score (nSPS) is 10.0. The predicted molar refractivity (Wildman–Crippen MR) is 60.0 cm³/mol. The van der Waals surface area contributed by atoms with Crippen LogP contribution in [-0.4, -0.2) is 16.1 Å². The molecule has 6 heteroatoms. The molecule has 0 aliphatic carbocycles. The van der Waals surface area contributed by atoms with Crippen LogP contribution in [0.4, 0.5) is 11.5 Å². The molecule has 0 aliphatic heterocycles. The third-order valence-corrected chi connectivity index (χ3v) is 1.94. The molecule has 0 saturated heterocycles. The lowest BCUT2D eigenvalue weighted by atomic mass is 10.3. The minimum atomic E-state index is -0.529. The smallest absolute Gasteiger partial charge is 0.329 e. The van der Waals surface area contributed by atoms with E-state index in [0.717, 1.165) is 5.57 Å². The van der Waals surface area contributed by atoms with Crippen LogP contribution < -0.4 is 22.3 Å². The van der Waals surface area contributed by atoms with Gasteiger partial charge in [-0.25, -0.2) is 4.79 Å². The molecule has 0 spiro atoms. The first-order valence-corrected chi connectivity index (χ1v) is 4.40. The third-order valence-electron chi connectivity index (χ3n) is 1.94. The van der Waals surface area contributed by atoms with Gasteiger partial charge in [0.2, 0.25) is 0 Å². The zero-order valence-corrected chi connectivity index (χ0v) is 8.76. The Morgan fingerprint density at radius 1 is 1.60 bits per heavy atom. The van der Waals surface area contributed by atoms with Crippen LogP contribution in [0.2, 0.25) is 0 Å². The lowest BCUT2D eigenvalue weighted by molar-refractivity contribution is 0.814. The molecule has 1 heterocycles. The average molecular weight is 210 g/mol. The van der Waals surface area contributed by atoms with Crippen LogP contribution in [0.1, 0.15) is 6.92 Å². The first-order chi connectivity index (χ1) is 6.93. The predicted octanol–water partition coefficient (Wildman–Crippen LogP) is -0.356. The highest BCUT2D eigenvalue weighted by Crippen LogP contribution is 2.08. The molecule has 0 aliphatic rings. The maximum atomic E-state index is 11.4. The molecule has 0 radical (unpaired) electrons. The van der Waals surface area contributed by atoms with Gasteiger partial charge >= 0.3 is 5.69 Å². The zero-order chi connectivity index (χ0) is 11.6. The number of nitrogen functional groups attached to an aromatic ring is 1. The minimum Gasteiger partial charge on any atom is -0.383 e. The van der Waals surface area contributed by atoms with Crippen molar-refractivity contribution < 1.29 is 0 Å². The molecule has 4 N–H and O–H groups in total. The van der Waals surface area contributed by atoms with Gasteiger partial charge in [-0.05, 0) is 6.92 Å². The van der Waals surface area contributed by atoms with E-state index in [0.29, 0.717) is 6.54 Å². The molecule has 0 fully saturated rings. The van der Waals surface area contributed by atoms with Crippen LogP contribution >= 0.6 is 0 Å². The van der Waals surface area contributed by atoms with Crippen LogP contribution in [0.25, 0.3) is 0 Å². The SMILES string of the molecule is C=C(C)CNc1c(N)n(C)c(=O)[nH]c1=O. The van der Waals surface area contributed by atoms with E-state index in [9.17, 15) is 9.59 Å². The van der Waals surface area contributed by atoms with Crippen molar-refractivity contribution in [3.8, 4) is 0 Å². The molecule has 0 aromatic carbocycles. The standard InChI is InChI=1S/C9H14N4O2/c1-5(2)4-11-6-7(10)13(3)9(15)12-8(6)14/h11H,1,4,10H2,2-3H3,(H,12,14,15). The second kappa shape index (κ2) is 4.04. The van der Waals surface area contributed by atoms with Gasteiger partial charge in [0.05, 0.1) is 0 Å². The Balaban J connectivity index is 3.19. The van der Waals surface area contributed by atoms with Crippen molar-refractivity contribution in [2.24, 2.45) is 7.05 Å². The zero-order valence-electron chi connectivity index (χ0n) is 8.76. The highest BCUT2D eigenvalue weighted by Gasteiger charge is 2.08. The first kappa shape index (κ1) is 11.1. The summed E-state index contributed by atoms with van der Waals surface area (Å²) in [6.45, 7) is 5.94. The molecule has 0 bridgehead atoms. The maximum Gasteiger partial charge on any atom is 0.329 e. The molecule has 1 aromatic rings. The van der Waals surface area contributed by atoms with Crippen LogP contribution in [-0.2, 0) is 7.05 Å². The van der Waals surface area contributed by atoms with Crippen LogP contribution in [0.5, 0.6) is 0 Å². The lowest BCUT2D eigenvalue weighted by Gasteiger charge is -2.10. The number of hydrogen-bond donors (Lipinski definition) is 3. The fourth-order valence-corrected chi connectivity index (χ4v) is 1.05. The second-order valence-electron chi connectivity index (χ2n) is 3.39. The summed E-state index contributed by atoms with van der Waals surface area (Å²) in [6.07, 6.45) is 0. The van der Waals surface area contributed by atoms with E-state index in [2.05, 4.69) is 16.9 Å². The van der Waals surface area contributed by atoms with E-state index in [-0.39, 0.29) is 11.5 Å². The van der Waals surface area contributed by atoms with Crippen molar-refractivity contribution in [1.82, 2.24) is 9.55 Å². The van der Waals surface area contributed by atoms with Crippen molar-refractivity contribution in [1.29, 1.82) is 0 Å². The fraction of sp³-hybridized carbons (Fsp3) is 0.333. The van der Waals surface area contributed by atoms with Crippen molar-refractivity contribution in [2.45, 2.75) is 6.92 Å². The van der Waals surface area contributed by atoms with Gasteiger partial charge in [0.25, 0.3) is 5.56 Å². The molecule has 0 unspecified atom stereocenters. The van der Waals surface area contributed by atoms with Crippen LogP contribution in [0, 0.1) is 0 Å². The van der Waals surface area contributed by atoms with Gasteiger partial charge < -0.3 is 11.1 Å². The monoisotopic (exact) mass is 210 g/mol. The van der Waals surface area contributed by atoms with E-state index < -0.39 is 11.2 Å². The minimum absolute atomic E-state index is 0.116. The highest BCUT2D eigenvalue weighted by atomic mass is 16.2. The van der Waals surface area contributed by atoms with E-state index in [1.165, 1.54) is 11.6 Å². The Morgan fingerprint density at radius 3 is 2.73 bits per heavy atom. The summed E-state index contributed by atoms with van der Waals surface area (Å²) >= 11 is 0. The topological polar surface area (TPSA) is 92.9 Å². The van der Waals surface area contributed by atoms with Gasteiger partial charge in [-0.3, -0.25) is 14.3 Å². The average Bonchev–Trinajstić information content (AvgIpc) is 2.14. The number of anilines is 2. The number of nitrogens with two attached hydrogens (primary N) is 1. The molecule has 0 saturated carbocycles. The van der Waals surface area contributed by atoms with Crippen LogP contribution in [0.15, 0.2) is 21.7 Å². The Hall–Kier alpha value is -1.98. The Labute approximate surface area is 86.4 Å². The Bertz CT molecular complexity index is 498. The summed E-state index contributed by atoms with van der Waals surface area (Å²) in [5.74, 6) is 0.116. The lowest BCUT2D eigenvalue weighted by Crippen LogP contribution is -2.32. The second-order valence-corrected chi connectivity index (χ2v) is 3.39. The molecule has 0 atom stereocenters. The summed E-state index contributed by atoms with van der Waals surface area (Å²) in [5.41, 5.74) is 5.63. The number of rotatable bonds is 3. The van der Waals surface area contributed by atoms with Crippen molar-refractivity contribution in [3.05, 3.63) is 33.0 Å². The van der Waals surface area contributed by atoms with E-state index in [1.54, 1.807) is 0 Å². The quantitative estimate of drug-likeness (QED) is 0.594. The molecule has 1 aromatic heterocycles. The van der Waals surface area contributed by atoms with Crippen molar-refractivity contribution >= 4 is 11.5 Å². The van der Waals surface area contributed by atoms with E-state index in [4.69, 9.17) is 5.73 Å². The van der Waals surface area contributed by atoms with Crippen LogP contribution in [0.3, 0.4) is 0 Å². The van der Waals surface area contributed by atoms with Gasteiger partial charge in [0.15, 0.2) is 0 Å². The van der Waals surface area contributed by atoms with E-state index >= 15 is 0 Å². The fourth-order valence-electron chi connectivity index (χ4n) is 1.05. The van der Waals surface area contributed by atoms with Crippen molar-refractivity contribution in [3.63, 3.8) is 0 Å². The van der Waals surface area contributed by atoms with Gasteiger partial charge in [0, 0.05) is 13.6 Å². The van der Waals surface area contributed by atoms with Gasteiger partial charge in [-0.2, -0.15) is 0 Å². The molecular formula is C9H14N4O2. The molecule has 6 nitrogen and oxygen atoms in total. The van der Waals surface area contributed by atoms with Gasteiger partial charge in [-0.1, -0.05) is 12.2 Å². The maximum absolute atomic E-state index is 11.4. The molecular weight excluding hydrogens is 196 g/mol. The first-order valence-electron chi connectivity index (χ1n) is 4.40. The number of aromatic amines is 1. The number of nitrogens with zero attached hydrogens (tertiary/aromatic N) is 1. The largest absolute Gasteiger partial charge is 0.383 e. The summed E-state index contributed by atoms with van der Waals surface area (Å²) in [6, 6.07) is 0. The summed E-state index contributed by atoms with van der Waals surface area (Å²) in [4.78, 5) is 24.7. The van der Waals surface area contributed by atoms with Crippen molar-refractivity contribution in [2.75, 3.05) is 17.6 Å². The summed E-state index contributed by atoms with van der Waals surface area (Å²) in [7, 11) is 1.49. The number of aromatic nitrogens is 2. The van der Waals surface area contributed by atoms with Gasteiger partial charge in [0.1, 0.15) is 11.5 Å². The number of H-pyrrole nitrogens is 1. The summed E-state index contributed by atoms with van der Waals surface area (Å²) in [5, 5.41) is 2.82. The molecule has 82 valence electrons. The Morgan fingerprint density at radius 2 is 2.20 bits per heavy atom. The number of hydrogen-bond acceptors (Lipinski definition) is 4. The Kier molecular flexibility index (Phi) is 2.99. The third kappa shape index (κ3) is 2.28. The molecule has 15 heavy (non-hydrogen) atoms. The number of nitrogens with one attached hydrogen (secondary N) is 2.